The molecule has 0 radical (unpaired) electrons. The van der Waals surface area contributed by atoms with Crippen LogP contribution in [0.5, 0.6) is 5.75 Å². The average Bonchev–Trinajstić information content (AvgIpc) is 3.50. The topological polar surface area (TPSA) is 84.3 Å². The first-order chi connectivity index (χ1) is 20.2. The summed E-state index contributed by atoms with van der Waals surface area (Å²) < 4.78 is 7.62. The molecule has 0 spiro atoms. The van der Waals surface area contributed by atoms with Crippen LogP contribution in [0.25, 0.3) is 17.0 Å². The van der Waals surface area contributed by atoms with Gasteiger partial charge in [-0.3, -0.25) is 4.79 Å². The number of H-pyrrole nitrogens is 1. The van der Waals surface area contributed by atoms with Crippen LogP contribution in [0.15, 0.2) is 18.2 Å². The van der Waals surface area contributed by atoms with Crippen molar-refractivity contribution < 1.29 is 9.53 Å². The third-order valence-electron chi connectivity index (χ3n) is 7.72. The molecule has 0 saturated heterocycles. The minimum Gasteiger partial charge on any atom is -0.494 e. The lowest BCUT2D eigenvalue weighted by Gasteiger charge is -2.15. The number of aromatic nitrogens is 4. The first-order valence-corrected chi connectivity index (χ1v) is 16.8. The summed E-state index contributed by atoms with van der Waals surface area (Å²) in [7, 11) is 0. The van der Waals surface area contributed by atoms with Crippen molar-refractivity contribution in [3.05, 3.63) is 28.9 Å². The van der Waals surface area contributed by atoms with E-state index in [0.29, 0.717) is 35.2 Å². The molecule has 234 valence electrons. The number of ether oxygens (including phenoxy) is 1. The number of rotatable bonds is 20. The Bertz CT molecular complexity index is 1230. The highest BCUT2D eigenvalue weighted by molar-refractivity contribution is 6.34. The Kier molecular flexibility index (Phi) is 14.2. The molecule has 8 heteroatoms. The Hall–Kier alpha value is -2.54. The molecule has 3 aromatic rings. The lowest BCUT2D eigenvalue weighted by Crippen LogP contribution is -2.13. The molecular formula is C34H54ClN5O2. The number of nitrogens with zero attached hydrogens (tertiary/aromatic N) is 3. The van der Waals surface area contributed by atoms with E-state index in [2.05, 4.69) is 48.2 Å². The van der Waals surface area contributed by atoms with Gasteiger partial charge in [0.15, 0.2) is 11.5 Å². The number of carbonyl (C=O) groups is 1. The van der Waals surface area contributed by atoms with Crippen LogP contribution in [-0.4, -0.2) is 32.3 Å². The Morgan fingerprint density at radius 2 is 1.48 bits per heavy atom. The van der Waals surface area contributed by atoms with Gasteiger partial charge in [0.1, 0.15) is 10.8 Å². The third-order valence-corrected chi connectivity index (χ3v) is 8.07. The van der Waals surface area contributed by atoms with Crippen LogP contribution < -0.4 is 10.1 Å². The molecule has 0 unspecified atom stereocenters. The van der Waals surface area contributed by atoms with Gasteiger partial charge in [-0.05, 0) is 25.0 Å². The number of carbonyl (C=O) groups excluding carboxylic acids is 1. The van der Waals surface area contributed by atoms with Gasteiger partial charge in [0.2, 0.25) is 5.91 Å². The Morgan fingerprint density at radius 3 is 2.02 bits per heavy atom. The van der Waals surface area contributed by atoms with Crippen LogP contribution in [0.2, 0.25) is 5.02 Å². The molecule has 2 aromatic heterocycles. The molecule has 0 aliphatic carbocycles. The number of anilines is 1. The second-order valence-electron chi connectivity index (χ2n) is 12.7. The van der Waals surface area contributed by atoms with E-state index >= 15 is 0 Å². The van der Waals surface area contributed by atoms with Crippen molar-refractivity contribution in [3.63, 3.8) is 0 Å². The number of hydrogen-bond donors (Lipinski definition) is 2. The van der Waals surface area contributed by atoms with Gasteiger partial charge in [-0.15, -0.1) is 9.73 Å². The van der Waals surface area contributed by atoms with Crippen LogP contribution in [0, 0.1) is 0 Å². The van der Waals surface area contributed by atoms with Crippen molar-refractivity contribution in [2.24, 2.45) is 0 Å². The van der Waals surface area contributed by atoms with Crippen LogP contribution in [0.1, 0.15) is 143 Å². The fraction of sp³-hybridized carbons (Fsp3) is 0.676. The van der Waals surface area contributed by atoms with Crippen molar-refractivity contribution in [2.45, 2.75) is 143 Å². The summed E-state index contributed by atoms with van der Waals surface area (Å²) in [5.41, 5.74) is 2.66. The summed E-state index contributed by atoms with van der Waals surface area (Å²) in [6, 6.07) is 5.75. The van der Waals surface area contributed by atoms with Crippen molar-refractivity contribution in [2.75, 3.05) is 11.9 Å². The molecular weight excluding hydrogens is 546 g/mol. The number of unbranched alkanes of at least 4 members (excludes halogenated alkanes) is 13. The van der Waals surface area contributed by atoms with Gasteiger partial charge in [-0.1, -0.05) is 130 Å². The molecule has 0 bridgehead atoms. The first-order valence-electron chi connectivity index (χ1n) is 16.5. The standard InChI is InChI=1S/C34H54ClN5O2/c1-6-8-9-10-11-12-13-14-15-16-17-18-19-20-24-42-26-22-23-27(28(25-26)36-29(41)21-7-2)32-37-33-30(35)31(34(3,4)5)38-40(33)39-32/h22-23,25H,6-21,24H2,1-5H3,(H,36,41)(H,37,39). The van der Waals surface area contributed by atoms with Crippen LogP contribution in [0.4, 0.5) is 5.69 Å². The van der Waals surface area contributed by atoms with E-state index in [-0.39, 0.29) is 11.3 Å². The van der Waals surface area contributed by atoms with Gasteiger partial charge in [0.05, 0.1) is 18.0 Å². The number of hydrogen-bond acceptors (Lipinski definition) is 4. The van der Waals surface area contributed by atoms with E-state index in [9.17, 15) is 4.79 Å². The first kappa shape index (κ1) is 34.0. The van der Waals surface area contributed by atoms with E-state index in [4.69, 9.17) is 16.3 Å². The normalized spacial score (nSPS) is 11.9. The quantitative estimate of drug-likeness (QED) is 0.126. The lowest BCUT2D eigenvalue weighted by molar-refractivity contribution is -0.116. The van der Waals surface area contributed by atoms with Crippen LogP contribution >= 0.6 is 11.6 Å². The van der Waals surface area contributed by atoms with Gasteiger partial charge < -0.3 is 15.0 Å². The van der Waals surface area contributed by atoms with Gasteiger partial charge in [-0.25, -0.2) is 0 Å². The predicted octanol–water partition coefficient (Wildman–Crippen LogP) is 10.3. The molecule has 7 nitrogen and oxygen atoms in total. The molecule has 42 heavy (non-hydrogen) atoms. The van der Waals surface area contributed by atoms with Crippen molar-refractivity contribution in [1.29, 1.82) is 0 Å². The average molecular weight is 600 g/mol. The lowest BCUT2D eigenvalue weighted by atomic mass is 9.92. The summed E-state index contributed by atoms with van der Waals surface area (Å²) in [6.45, 7) is 11.1. The molecule has 1 amide bonds. The summed E-state index contributed by atoms with van der Waals surface area (Å²) >= 11 is 6.64. The van der Waals surface area contributed by atoms with Gasteiger partial charge >= 0.3 is 0 Å². The molecule has 0 saturated carbocycles. The number of fused-ring (bicyclic) bond motifs is 1. The zero-order valence-corrected chi connectivity index (χ0v) is 27.5. The Morgan fingerprint density at radius 1 is 0.881 bits per heavy atom. The Balaban J connectivity index is 1.47. The largest absolute Gasteiger partial charge is 0.494 e. The maximum atomic E-state index is 12.5. The van der Waals surface area contributed by atoms with Crippen LogP contribution in [-0.2, 0) is 10.2 Å². The van der Waals surface area contributed by atoms with Crippen molar-refractivity contribution in [1.82, 2.24) is 19.8 Å². The van der Waals surface area contributed by atoms with E-state index in [0.717, 1.165) is 29.8 Å². The van der Waals surface area contributed by atoms with Gasteiger partial charge in [0.25, 0.3) is 0 Å². The minimum absolute atomic E-state index is 0.0349. The maximum absolute atomic E-state index is 12.5. The van der Waals surface area contributed by atoms with Gasteiger partial charge in [0, 0.05) is 23.5 Å². The van der Waals surface area contributed by atoms with E-state index in [1.807, 2.05) is 25.1 Å². The molecule has 0 atom stereocenters. The second-order valence-corrected chi connectivity index (χ2v) is 13.1. The van der Waals surface area contributed by atoms with E-state index in [1.165, 1.54) is 88.1 Å². The van der Waals surface area contributed by atoms with Crippen LogP contribution in [0.3, 0.4) is 0 Å². The molecule has 0 aliphatic heterocycles. The predicted molar refractivity (Wildman–Crippen MR) is 176 cm³/mol. The summed E-state index contributed by atoms with van der Waals surface area (Å²) in [5.74, 6) is 1.29. The van der Waals surface area contributed by atoms with E-state index in [1.54, 1.807) is 0 Å². The van der Waals surface area contributed by atoms with Gasteiger partial charge in [-0.2, -0.15) is 5.10 Å². The fourth-order valence-electron chi connectivity index (χ4n) is 5.25. The number of aromatic amines is 1. The monoisotopic (exact) mass is 599 g/mol. The summed E-state index contributed by atoms with van der Waals surface area (Å²) in [5, 5.41) is 12.9. The molecule has 0 aliphatic rings. The number of amides is 1. The Labute approximate surface area is 258 Å². The molecule has 1 aromatic carbocycles. The summed E-state index contributed by atoms with van der Waals surface area (Å²) in [4.78, 5) is 15.8. The highest BCUT2D eigenvalue weighted by Gasteiger charge is 2.25. The fourth-order valence-corrected chi connectivity index (χ4v) is 5.69. The number of halogens is 1. The number of benzene rings is 1. The van der Waals surface area contributed by atoms with E-state index < -0.39 is 0 Å². The maximum Gasteiger partial charge on any atom is 0.224 e. The minimum atomic E-state index is -0.197. The second kappa shape index (κ2) is 17.5. The molecule has 2 heterocycles. The van der Waals surface area contributed by atoms with Crippen molar-refractivity contribution in [3.8, 4) is 17.1 Å². The SMILES string of the molecule is CCCCCCCCCCCCCCCCOc1ccc(-c2nn3nc(C(C)(C)C)c(Cl)c3[nH]2)c(NC(=O)CCC)c1. The molecule has 3 rings (SSSR count). The smallest absolute Gasteiger partial charge is 0.224 e. The molecule has 0 fully saturated rings. The third kappa shape index (κ3) is 10.6. The highest BCUT2D eigenvalue weighted by Crippen LogP contribution is 2.34. The zero-order valence-electron chi connectivity index (χ0n) is 26.8. The molecule has 2 N–H and O–H groups in total. The highest BCUT2D eigenvalue weighted by atomic mass is 35.5. The number of nitrogens with one attached hydrogen (secondary N) is 2. The summed E-state index contributed by atoms with van der Waals surface area (Å²) in [6.07, 6.45) is 19.9. The zero-order chi connectivity index (χ0) is 30.4. The van der Waals surface area contributed by atoms with Crippen molar-refractivity contribution >= 4 is 28.8 Å².